The van der Waals surface area contributed by atoms with E-state index in [0.717, 1.165) is 66.8 Å². The first-order chi connectivity index (χ1) is 45.7. The summed E-state index contributed by atoms with van der Waals surface area (Å²) in [5, 5.41) is 4.73. The second-order valence-electron chi connectivity index (χ2n) is 23.8. The van der Waals surface area contributed by atoms with Crippen molar-refractivity contribution in [3.05, 3.63) is 364 Å². The molecule has 430 valence electrons. The third kappa shape index (κ3) is 9.44. The van der Waals surface area contributed by atoms with Crippen LogP contribution in [0.25, 0.3) is 166 Å². The summed E-state index contributed by atoms with van der Waals surface area (Å²) in [5.41, 5.74) is 30.3. The average Bonchev–Trinajstić information content (AvgIpc) is 1.60. The van der Waals surface area contributed by atoms with Crippen LogP contribution in [-0.4, -0.2) is 9.13 Å². The Labute approximate surface area is 536 Å². The maximum absolute atomic E-state index is 2.57. The van der Waals surface area contributed by atoms with E-state index in [1.54, 1.807) is 0 Å². The van der Waals surface area contributed by atoms with Gasteiger partial charge in [0.05, 0.1) is 33.4 Å². The van der Waals surface area contributed by atoms with E-state index in [-0.39, 0.29) is 0 Å². The van der Waals surface area contributed by atoms with Crippen molar-refractivity contribution in [1.82, 2.24) is 9.13 Å². The minimum atomic E-state index is 1.09. The van der Waals surface area contributed by atoms with E-state index in [2.05, 4.69) is 373 Å². The Balaban J connectivity index is 0.925. The predicted octanol–water partition coefficient (Wildman–Crippen LogP) is 24.6. The molecule has 0 aliphatic carbocycles. The molecule has 92 heavy (non-hydrogen) atoms. The first kappa shape index (κ1) is 54.1. The molecule has 0 radical (unpaired) electrons. The van der Waals surface area contributed by atoms with Crippen LogP contribution in [0.5, 0.6) is 0 Å². The molecule has 17 rings (SSSR count). The second-order valence-corrected chi connectivity index (χ2v) is 23.8. The summed E-state index contributed by atoms with van der Waals surface area (Å²) in [4.78, 5) is 0. The van der Waals surface area contributed by atoms with Gasteiger partial charge in [-0.1, -0.05) is 309 Å². The molecule has 0 aliphatic rings. The number of hydrogen-bond donors (Lipinski definition) is 0. The monoisotopic (exact) mass is 1170 g/mol. The molecule has 0 amide bonds. The Morgan fingerprint density at radius 2 is 0.370 bits per heavy atom. The van der Waals surface area contributed by atoms with Gasteiger partial charge in [0.1, 0.15) is 0 Å². The number of fused-ring (bicyclic) bond motifs is 6. The third-order valence-corrected chi connectivity index (χ3v) is 18.6. The summed E-state index contributed by atoms with van der Waals surface area (Å²) < 4.78 is 5.09. The molecule has 0 saturated heterocycles. The lowest BCUT2D eigenvalue weighted by molar-refractivity contribution is 1.16. The number of benzene rings is 15. The fourth-order valence-electron chi connectivity index (χ4n) is 14.4. The van der Waals surface area contributed by atoms with Crippen LogP contribution in [0.1, 0.15) is 0 Å². The molecule has 2 heteroatoms. The van der Waals surface area contributed by atoms with Crippen LogP contribution in [0, 0.1) is 0 Å². The average molecular weight is 1170 g/mol. The van der Waals surface area contributed by atoms with E-state index < -0.39 is 0 Å². The molecule has 2 nitrogen and oxygen atoms in total. The normalized spacial score (nSPS) is 11.5. The summed E-state index contributed by atoms with van der Waals surface area (Å²) in [6.07, 6.45) is 0. The van der Waals surface area contributed by atoms with Crippen molar-refractivity contribution < 1.29 is 0 Å². The van der Waals surface area contributed by atoms with Crippen LogP contribution in [-0.2, 0) is 0 Å². The lowest BCUT2D eigenvalue weighted by atomic mass is 9.92. The standard InChI is InChI=1S/C90H60N2/c1-6-27-61(28-7-1)70-37-16-20-41-74(70)66-49-53-86-81(57-66)82-58-67(75-42-21-17-38-71(75)62-29-8-2-9-30-62)50-54-87(82)91(86)85-48-25-24-45-79(85)80-47-26-46-78(65-35-14-5-15-36-65)90(80)92-88-55-51-68(76-43-22-18-39-72(76)63-31-10-3-11-32-63)59-83(88)84-60-69(52-56-89(84)92)77-44-23-19-40-73(77)64-33-12-4-13-34-64/h1-60H. The van der Waals surface area contributed by atoms with Crippen molar-refractivity contribution in [2.45, 2.75) is 0 Å². The zero-order chi connectivity index (χ0) is 60.9. The van der Waals surface area contributed by atoms with Crippen molar-refractivity contribution in [3.63, 3.8) is 0 Å². The van der Waals surface area contributed by atoms with Crippen molar-refractivity contribution in [1.29, 1.82) is 0 Å². The Kier molecular flexibility index (Phi) is 13.6. The summed E-state index contributed by atoms with van der Waals surface area (Å²) in [6, 6.07) is 134. The fourth-order valence-corrected chi connectivity index (χ4v) is 14.4. The van der Waals surface area contributed by atoms with Gasteiger partial charge in [-0.05, 0) is 149 Å². The van der Waals surface area contributed by atoms with Crippen molar-refractivity contribution >= 4 is 43.6 Å². The van der Waals surface area contributed by atoms with Crippen LogP contribution >= 0.6 is 0 Å². The minimum absolute atomic E-state index is 1.09. The summed E-state index contributed by atoms with van der Waals surface area (Å²) >= 11 is 0. The van der Waals surface area contributed by atoms with Gasteiger partial charge < -0.3 is 9.13 Å². The number of hydrogen-bond acceptors (Lipinski definition) is 0. The second kappa shape index (κ2) is 23.1. The lowest BCUT2D eigenvalue weighted by Crippen LogP contribution is -2.03. The van der Waals surface area contributed by atoms with Gasteiger partial charge in [0.2, 0.25) is 0 Å². The number of rotatable bonds is 12. The molecule has 2 heterocycles. The molecule has 0 spiro atoms. The molecule has 0 fully saturated rings. The quantitative estimate of drug-likeness (QED) is 0.115. The molecule has 0 atom stereocenters. The molecule has 2 aromatic heterocycles. The first-order valence-corrected chi connectivity index (χ1v) is 31.7. The smallest absolute Gasteiger partial charge is 0.0619 e. The Bertz CT molecular complexity index is 5320. The van der Waals surface area contributed by atoms with Crippen LogP contribution < -0.4 is 0 Å². The van der Waals surface area contributed by atoms with Crippen LogP contribution in [0.3, 0.4) is 0 Å². The van der Waals surface area contributed by atoms with E-state index in [4.69, 9.17) is 0 Å². The molecular formula is C90H60N2. The Hall–Kier alpha value is -12.1. The fraction of sp³-hybridized carbons (Fsp3) is 0. The zero-order valence-corrected chi connectivity index (χ0v) is 50.5. The highest BCUT2D eigenvalue weighted by molar-refractivity contribution is 6.15. The van der Waals surface area contributed by atoms with Crippen LogP contribution in [0.4, 0.5) is 0 Å². The zero-order valence-electron chi connectivity index (χ0n) is 50.5. The molecule has 17 aromatic rings. The van der Waals surface area contributed by atoms with Gasteiger partial charge in [-0.15, -0.1) is 0 Å². The number of nitrogens with zero attached hydrogens (tertiary/aromatic N) is 2. The molecule has 0 saturated carbocycles. The number of para-hydroxylation sites is 2. The van der Waals surface area contributed by atoms with Gasteiger partial charge in [-0.2, -0.15) is 0 Å². The molecule has 15 aromatic carbocycles. The molecule has 0 N–H and O–H groups in total. The van der Waals surface area contributed by atoms with E-state index >= 15 is 0 Å². The van der Waals surface area contributed by atoms with Crippen LogP contribution in [0.15, 0.2) is 364 Å². The number of aromatic nitrogens is 2. The maximum atomic E-state index is 2.57. The third-order valence-electron chi connectivity index (χ3n) is 18.6. The minimum Gasteiger partial charge on any atom is -0.309 e. The molecule has 0 bridgehead atoms. The highest BCUT2D eigenvalue weighted by atomic mass is 15.0. The first-order valence-electron chi connectivity index (χ1n) is 31.7. The van der Waals surface area contributed by atoms with E-state index in [0.29, 0.717) is 0 Å². The van der Waals surface area contributed by atoms with Gasteiger partial charge in [-0.25, -0.2) is 0 Å². The van der Waals surface area contributed by atoms with Gasteiger partial charge in [0.15, 0.2) is 0 Å². The maximum Gasteiger partial charge on any atom is 0.0619 e. The lowest BCUT2D eigenvalue weighted by Gasteiger charge is -2.22. The van der Waals surface area contributed by atoms with Gasteiger partial charge in [0, 0.05) is 38.2 Å². The summed E-state index contributed by atoms with van der Waals surface area (Å²) in [7, 11) is 0. The Morgan fingerprint density at radius 1 is 0.141 bits per heavy atom. The molecule has 0 unspecified atom stereocenters. The summed E-state index contributed by atoms with van der Waals surface area (Å²) in [6.45, 7) is 0. The van der Waals surface area contributed by atoms with E-state index in [1.165, 1.54) is 99.4 Å². The topological polar surface area (TPSA) is 9.86 Å². The summed E-state index contributed by atoms with van der Waals surface area (Å²) in [5.74, 6) is 0. The van der Waals surface area contributed by atoms with Gasteiger partial charge in [0.25, 0.3) is 0 Å². The van der Waals surface area contributed by atoms with Crippen molar-refractivity contribution in [3.8, 4) is 123 Å². The largest absolute Gasteiger partial charge is 0.309 e. The highest BCUT2D eigenvalue weighted by Gasteiger charge is 2.25. The SMILES string of the molecule is c1ccc(-c2ccccc2-c2ccc3c(c2)c2cc(-c4ccccc4-c4ccccc4)ccc2n3-c2ccccc2-c2cccc(-c3ccccc3)c2-n2c3ccc(-c4ccccc4-c4ccccc4)cc3c3cc(-c4ccccc4-c4ccccc4)ccc32)cc1. The van der Waals surface area contributed by atoms with E-state index in [9.17, 15) is 0 Å². The molecule has 0 aliphatic heterocycles. The van der Waals surface area contributed by atoms with E-state index in [1.807, 2.05) is 0 Å². The Morgan fingerprint density at radius 3 is 0.685 bits per heavy atom. The van der Waals surface area contributed by atoms with Crippen molar-refractivity contribution in [2.75, 3.05) is 0 Å². The van der Waals surface area contributed by atoms with Gasteiger partial charge >= 0.3 is 0 Å². The molecular weight excluding hydrogens is 1110 g/mol. The van der Waals surface area contributed by atoms with Gasteiger partial charge in [-0.3, -0.25) is 0 Å². The highest BCUT2D eigenvalue weighted by Crippen LogP contribution is 2.48. The van der Waals surface area contributed by atoms with Crippen molar-refractivity contribution in [2.24, 2.45) is 0 Å². The predicted molar refractivity (Wildman–Crippen MR) is 389 cm³/mol. The van der Waals surface area contributed by atoms with Crippen LogP contribution in [0.2, 0.25) is 0 Å².